The average molecular weight is 295 g/mol. The summed E-state index contributed by atoms with van der Waals surface area (Å²) in [5.74, 6) is 1.00. The van der Waals surface area contributed by atoms with Gasteiger partial charge in [0.15, 0.2) is 0 Å². The van der Waals surface area contributed by atoms with Crippen molar-refractivity contribution in [3.05, 3.63) is 59.3 Å². The summed E-state index contributed by atoms with van der Waals surface area (Å²) < 4.78 is 0. The molecule has 1 aliphatic rings. The third kappa shape index (κ3) is 2.69. The van der Waals surface area contributed by atoms with Gasteiger partial charge in [0, 0.05) is 25.4 Å². The molecule has 1 aliphatic heterocycles. The number of amides is 1. The summed E-state index contributed by atoms with van der Waals surface area (Å²) in [7, 11) is 1.87. The van der Waals surface area contributed by atoms with Gasteiger partial charge in [0.25, 0.3) is 5.91 Å². The number of anilines is 1. The van der Waals surface area contributed by atoms with Crippen molar-refractivity contribution < 1.29 is 4.79 Å². The molecular weight excluding hydrogens is 274 g/mol. The summed E-state index contributed by atoms with van der Waals surface area (Å²) in [5, 5.41) is 3.08. The predicted molar refractivity (Wildman–Crippen MR) is 88.0 cm³/mol. The zero-order valence-corrected chi connectivity index (χ0v) is 13.0. The molecule has 2 aromatic rings. The van der Waals surface area contributed by atoms with Gasteiger partial charge in [-0.05, 0) is 49.1 Å². The van der Waals surface area contributed by atoms with Gasteiger partial charge in [0.05, 0.1) is 6.04 Å². The Hall–Kier alpha value is -2.36. The molecule has 1 saturated heterocycles. The van der Waals surface area contributed by atoms with Crippen LogP contribution in [0.15, 0.2) is 42.6 Å². The summed E-state index contributed by atoms with van der Waals surface area (Å²) in [6.45, 7) is 2.85. The average Bonchev–Trinajstić information content (AvgIpc) is 3.04. The number of hydrogen-bond donors (Lipinski definition) is 1. The molecule has 0 aliphatic carbocycles. The maximum Gasteiger partial charge on any atom is 0.254 e. The first kappa shape index (κ1) is 14.6. The Morgan fingerprint density at radius 1 is 1.32 bits per heavy atom. The van der Waals surface area contributed by atoms with Crippen molar-refractivity contribution in [1.82, 2.24) is 9.88 Å². The van der Waals surface area contributed by atoms with Gasteiger partial charge in [-0.15, -0.1) is 0 Å². The molecular formula is C18H21N3O. The minimum atomic E-state index is 0.110. The second-order valence-electron chi connectivity index (χ2n) is 5.71. The number of carbonyl (C=O) groups excluding carboxylic acids is 1. The number of carbonyl (C=O) groups is 1. The number of pyridine rings is 1. The Morgan fingerprint density at radius 3 is 2.77 bits per heavy atom. The van der Waals surface area contributed by atoms with E-state index in [1.54, 1.807) is 0 Å². The van der Waals surface area contributed by atoms with Crippen molar-refractivity contribution in [2.75, 3.05) is 18.9 Å². The molecule has 1 N–H and O–H groups in total. The number of likely N-dealkylation sites (tertiary alicyclic amines) is 1. The summed E-state index contributed by atoms with van der Waals surface area (Å²) >= 11 is 0. The standard InChI is InChI=1S/C18H21N3O/c1-13-11-15(12-20-17(13)19-2)16-9-6-10-21(16)18(22)14-7-4-3-5-8-14/h3-5,7-8,11-12,16H,6,9-10H2,1-2H3,(H,19,20)/t16-/m0/s1. The van der Waals surface area contributed by atoms with E-state index in [1.807, 2.05) is 55.4 Å². The summed E-state index contributed by atoms with van der Waals surface area (Å²) in [4.78, 5) is 19.2. The van der Waals surface area contributed by atoms with Gasteiger partial charge in [-0.3, -0.25) is 4.79 Å². The van der Waals surface area contributed by atoms with Gasteiger partial charge in [0.2, 0.25) is 0 Å². The largest absolute Gasteiger partial charge is 0.373 e. The van der Waals surface area contributed by atoms with Gasteiger partial charge in [-0.1, -0.05) is 18.2 Å². The highest BCUT2D eigenvalue weighted by Crippen LogP contribution is 2.33. The Morgan fingerprint density at radius 2 is 2.09 bits per heavy atom. The maximum absolute atomic E-state index is 12.7. The highest BCUT2D eigenvalue weighted by molar-refractivity contribution is 5.94. The van der Waals surface area contributed by atoms with E-state index >= 15 is 0 Å². The lowest BCUT2D eigenvalue weighted by Gasteiger charge is -2.25. The van der Waals surface area contributed by atoms with Crippen LogP contribution in [0, 0.1) is 6.92 Å². The van der Waals surface area contributed by atoms with Gasteiger partial charge < -0.3 is 10.2 Å². The zero-order valence-electron chi connectivity index (χ0n) is 13.0. The molecule has 1 aromatic carbocycles. The van der Waals surface area contributed by atoms with Crippen LogP contribution in [0.2, 0.25) is 0 Å². The van der Waals surface area contributed by atoms with Crippen LogP contribution in [-0.2, 0) is 0 Å². The quantitative estimate of drug-likeness (QED) is 0.944. The van der Waals surface area contributed by atoms with E-state index in [0.29, 0.717) is 0 Å². The molecule has 4 nitrogen and oxygen atoms in total. The van der Waals surface area contributed by atoms with Gasteiger partial charge >= 0.3 is 0 Å². The van der Waals surface area contributed by atoms with Gasteiger partial charge in [0.1, 0.15) is 5.82 Å². The van der Waals surface area contributed by atoms with E-state index in [4.69, 9.17) is 0 Å². The zero-order chi connectivity index (χ0) is 15.5. The van der Waals surface area contributed by atoms with E-state index in [2.05, 4.69) is 16.4 Å². The first-order chi connectivity index (χ1) is 10.7. The Bertz CT molecular complexity index is 669. The topological polar surface area (TPSA) is 45.2 Å². The van der Waals surface area contributed by atoms with Gasteiger partial charge in [-0.25, -0.2) is 4.98 Å². The number of rotatable bonds is 3. The third-order valence-corrected chi connectivity index (χ3v) is 4.26. The molecule has 0 spiro atoms. The fourth-order valence-electron chi connectivity index (χ4n) is 3.14. The highest BCUT2D eigenvalue weighted by atomic mass is 16.2. The lowest BCUT2D eigenvalue weighted by molar-refractivity contribution is 0.0735. The lowest BCUT2D eigenvalue weighted by atomic mass is 10.0. The SMILES string of the molecule is CNc1ncc([C@@H]2CCCN2C(=O)c2ccccc2)cc1C. The first-order valence-corrected chi connectivity index (χ1v) is 7.71. The maximum atomic E-state index is 12.7. The normalized spacial score (nSPS) is 17.5. The minimum absolute atomic E-state index is 0.110. The molecule has 2 heterocycles. The molecule has 0 bridgehead atoms. The molecule has 3 rings (SSSR count). The number of aromatic nitrogens is 1. The number of hydrogen-bond acceptors (Lipinski definition) is 3. The number of nitrogens with zero attached hydrogens (tertiary/aromatic N) is 2. The van der Waals surface area contributed by atoms with Crippen LogP contribution in [0.5, 0.6) is 0 Å². The fourth-order valence-corrected chi connectivity index (χ4v) is 3.14. The van der Waals surface area contributed by atoms with Crippen molar-refractivity contribution >= 4 is 11.7 Å². The van der Waals surface area contributed by atoms with Crippen LogP contribution in [0.1, 0.15) is 40.4 Å². The molecule has 1 fully saturated rings. The third-order valence-electron chi connectivity index (χ3n) is 4.26. The van der Waals surface area contributed by atoms with Crippen molar-refractivity contribution in [1.29, 1.82) is 0 Å². The van der Waals surface area contributed by atoms with E-state index in [1.165, 1.54) is 0 Å². The first-order valence-electron chi connectivity index (χ1n) is 7.71. The van der Waals surface area contributed by atoms with Crippen LogP contribution in [0.4, 0.5) is 5.82 Å². The minimum Gasteiger partial charge on any atom is -0.373 e. The molecule has 114 valence electrons. The number of nitrogens with one attached hydrogen (secondary N) is 1. The van der Waals surface area contributed by atoms with E-state index in [0.717, 1.165) is 41.9 Å². The van der Waals surface area contributed by atoms with Crippen molar-refractivity contribution in [2.24, 2.45) is 0 Å². The Labute approximate surface area is 131 Å². The van der Waals surface area contributed by atoms with E-state index < -0.39 is 0 Å². The highest BCUT2D eigenvalue weighted by Gasteiger charge is 2.30. The van der Waals surface area contributed by atoms with Crippen molar-refractivity contribution in [3.8, 4) is 0 Å². The number of aryl methyl sites for hydroxylation is 1. The molecule has 1 aromatic heterocycles. The molecule has 22 heavy (non-hydrogen) atoms. The second-order valence-corrected chi connectivity index (χ2v) is 5.71. The molecule has 0 saturated carbocycles. The summed E-state index contributed by atoms with van der Waals surface area (Å²) in [6.07, 6.45) is 3.93. The lowest BCUT2D eigenvalue weighted by Crippen LogP contribution is -2.30. The van der Waals surface area contributed by atoms with Crippen LogP contribution < -0.4 is 5.32 Å². The molecule has 1 amide bonds. The van der Waals surface area contributed by atoms with Crippen LogP contribution in [0.3, 0.4) is 0 Å². The molecule has 0 unspecified atom stereocenters. The summed E-state index contributed by atoms with van der Waals surface area (Å²) in [6, 6.07) is 11.8. The summed E-state index contributed by atoms with van der Waals surface area (Å²) in [5.41, 5.74) is 2.99. The van der Waals surface area contributed by atoms with Crippen molar-refractivity contribution in [3.63, 3.8) is 0 Å². The van der Waals surface area contributed by atoms with Crippen LogP contribution in [0.25, 0.3) is 0 Å². The molecule has 0 radical (unpaired) electrons. The Balaban J connectivity index is 1.87. The molecule has 4 heteroatoms. The fraction of sp³-hybridized carbons (Fsp3) is 0.333. The van der Waals surface area contributed by atoms with Crippen LogP contribution >= 0.6 is 0 Å². The predicted octanol–water partition coefficient (Wildman–Crippen LogP) is 3.41. The monoisotopic (exact) mass is 295 g/mol. The smallest absolute Gasteiger partial charge is 0.254 e. The van der Waals surface area contributed by atoms with E-state index in [9.17, 15) is 4.79 Å². The number of benzene rings is 1. The van der Waals surface area contributed by atoms with Crippen LogP contribution in [-0.4, -0.2) is 29.4 Å². The van der Waals surface area contributed by atoms with E-state index in [-0.39, 0.29) is 11.9 Å². The van der Waals surface area contributed by atoms with Crippen molar-refractivity contribution in [2.45, 2.75) is 25.8 Å². The second kappa shape index (κ2) is 6.18. The molecule has 1 atom stereocenters. The Kier molecular flexibility index (Phi) is 4.09. The van der Waals surface area contributed by atoms with Gasteiger partial charge in [-0.2, -0.15) is 0 Å².